The molecule has 0 N–H and O–H groups in total. The molecular formula is C20H17NO2. The van der Waals surface area contributed by atoms with E-state index in [0.717, 1.165) is 22.0 Å². The van der Waals surface area contributed by atoms with Gasteiger partial charge in [0.15, 0.2) is 5.71 Å². The Morgan fingerprint density at radius 1 is 0.913 bits per heavy atom. The van der Waals surface area contributed by atoms with Crippen molar-refractivity contribution in [1.29, 1.82) is 0 Å². The van der Waals surface area contributed by atoms with E-state index in [9.17, 15) is 4.79 Å². The van der Waals surface area contributed by atoms with E-state index in [-0.39, 0.29) is 0 Å². The molecular weight excluding hydrogens is 286 g/mol. The monoisotopic (exact) mass is 303 g/mol. The summed E-state index contributed by atoms with van der Waals surface area (Å²) in [6.45, 7) is 2.11. The Hall–Kier alpha value is -2.94. The predicted molar refractivity (Wildman–Crippen MR) is 93.2 cm³/mol. The number of hydrogen-bond acceptors (Lipinski definition) is 3. The van der Waals surface area contributed by atoms with Crippen molar-refractivity contribution in [3.63, 3.8) is 0 Å². The lowest BCUT2D eigenvalue weighted by Gasteiger charge is -2.09. The van der Waals surface area contributed by atoms with Crippen LogP contribution >= 0.6 is 0 Å². The molecule has 3 nitrogen and oxygen atoms in total. The van der Waals surface area contributed by atoms with E-state index in [1.807, 2.05) is 72.8 Å². The van der Waals surface area contributed by atoms with E-state index in [4.69, 9.17) is 4.74 Å². The lowest BCUT2D eigenvalue weighted by atomic mass is 10.0. The second kappa shape index (κ2) is 6.88. The van der Waals surface area contributed by atoms with E-state index in [1.54, 1.807) is 6.92 Å². The topological polar surface area (TPSA) is 38.7 Å². The smallest absolute Gasteiger partial charge is 0.357 e. The number of rotatable bonds is 4. The zero-order valence-electron chi connectivity index (χ0n) is 12.9. The van der Waals surface area contributed by atoms with E-state index >= 15 is 0 Å². The van der Waals surface area contributed by atoms with Crippen LogP contribution in [0.1, 0.15) is 12.5 Å². The Morgan fingerprint density at radius 2 is 1.61 bits per heavy atom. The van der Waals surface area contributed by atoms with Crippen molar-refractivity contribution in [3.05, 3.63) is 78.4 Å². The first-order valence-corrected chi connectivity index (χ1v) is 7.58. The minimum atomic E-state index is -0.410. The molecule has 0 radical (unpaired) electrons. The van der Waals surface area contributed by atoms with Gasteiger partial charge in [-0.15, -0.1) is 0 Å². The summed E-state index contributed by atoms with van der Waals surface area (Å²) in [5.41, 5.74) is 1.84. The highest BCUT2D eigenvalue weighted by molar-refractivity contribution is 6.45. The van der Waals surface area contributed by atoms with Crippen molar-refractivity contribution in [2.24, 2.45) is 4.99 Å². The summed E-state index contributed by atoms with van der Waals surface area (Å²) >= 11 is 0. The van der Waals surface area contributed by atoms with Gasteiger partial charge in [0.1, 0.15) is 0 Å². The van der Waals surface area contributed by atoms with Crippen LogP contribution in [-0.4, -0.2) is 18.3 Å². The molecule has 3 heteroatoms. The Kier molecular flexibility index (Phi) is 4.48. The fraction of sp³-hybridized carbons (Fsp3) is 0.100. The highest BCUT2D eigenvalue weighted by Crippen LogP contribution is 2.22. The van der Waals surface area contributed by atoms with Gasteiger partial charge in [-0.3, -0.25) is 0 Å². The van der Waals surface area contributed by atoms with Crippen molar-refractivity contribution in [1.82, 2.24) is 0 Å². The third kappa shape index (κ3) is 3.29. The fourth-order valence-corrected chi connectivity index (χ4v) is 2.48. The summed E-state index contributed by atoms with van der Waals surface area (Å²) in [5.74, 6) is -0.410. The molecule has 0 spiro atoms. The van der Waals surface area contributed by atoms with Crippen LogP contribution in [0.3, 0.4) is 0 Å². The van der Waals surface area contributed by atoms with Crippen LogP contribution < -0.4 is 0 Å². The van der Waals surface area contributed by atoms with Crippen LogP contribution in [0, 0.1) is 0 Å². The van der Waals surface area contributed by atoms with Gasteiger partial charge in [-0.1, -0.05) is 60.7 Å². The molecule has 0 amide bonds. The van der Waals surface area contributed by atoms with Gasteiger partial charge in [0, 0.05) is 5.56 Å². The van der Waals surface area contributed by atoms with E-state index in [0.29, 0.717) is 12.3 Å². The standard InChI is InChI=1S/C20H17NO2/c1-2-23-20(22)19(21-16-11-4-3-5-12-16)18-14-8-10-15-9-6-7-13-17(15)18/h3-14H,2H2,1H3. The predicted octanol–water partition coefficient (Wildman–Crippen LogP) is 4.52. The average molecular weight is 303 g/mol. The van der Waals surface area contributed by atoms with Gasteiger partial charge in [-0.25, -0.2) is 9.79 Å². The third-order valence-corrected chi connectivity index (χ3v) is 3.51. The molecule has 0 aliphatic rings. The van der Waals surface area contributed by atoms with E-state index in [2.05, 4.69) is 4.99 Å². The quantitative estimate of drug-likeness (QED) is 0.525. The lowest BCUT2D eigenvalue weighted by Crippen LogP contribution is -2.19. The molecule has 3 rings (SSSR count). The maximum Gasteiger partial charge on any atom is 0.357 e. The minimum Gasteiger partial charge on any atom is -0.461 e. The summed E-state index contributed by atoms with van der Waals surface area (Å²) in [5, 5.41) is 2.05. The second-order valence-electron chi connectivity index (χ2n) is 5.04. The molecule has 0 fully saturated rings. The number of carbonyl (C=O) groups excluding carboxylic acids is 1. The maximum absolute atomic E-state index is 12.4. The van der Waals surface area contributed by atoms with Crippen molar-refractivity contribution in [2.75, 3.05) is 6.61 Å². The fourth-order valence-electron chi connectivity index (χ4n) is 2.48. The molecule has 0 saturated carbocycles. The molecule has 0 aliphatic carbocycles. The van der Waals surface area contributed by atoms with Crippen LogP contribution in [0.15, 0.2) is 77.8 Å². The average Bonchev–Trinajstić information content (AvgIpc) is 2.60. The van der Waals surface area contributed by atoms with Crippen molar-refractivity contribution in [2.45, 2.75) is 6.92 Å². The molecule has 0 aromatic heterocycles. The van der Waals surface area contributed by atoms with Gasteiger partial charge < -0.3 is 4.74 Å². The van der Waals surface area contributed by atoms with Crippen molar-refractivity contribution < 1.29 is 9.53 Å². The number of carbonyl (C=O) groups is 1. The number of nitrogens with zero attached hydrogens (tertiary/aromatic N) is 1. The number of esters is 1. The molecule has 3 aromatic carbocycles. The molecule has 23 heavy (non-hydrogen) atoms. The van der Waals surface area contributed by atoms with Crippen molar-refractivity contribution in [3.8, 4) is 0 Å². The number of aliphatic imine (C=N–C) groups is 1. The number of ether oxygens (including phenoxy) is 1. The van der Waals surface area contributed by atoms with Gasteiger partial charge in [-0.05, 0) is 29.8 Å². The lowest BCUT2D eigenvalue weighted by molar-refractivity contribution is -0.134. The first-order valence-electron chi connectivity index (χ1n) is 7.58. The van der Waals surface area contributed by atoms with Gasteiger partial charge >= 0.3 is 5.97 Å². The molecule has 3 aromatic rings. The summed E-state index contributed by atoms with van der Waals surface area (Å²) in [6.07, 6.45) is 0. The molecule has 0 bridgehead atoms. The highest BCUT2D eigenvalue weighted by atomic mass is 16.5. The van der Waals surface area contributed by atoms with E-state index < -0.39 is 5.97 Å². The third-order valence-electron chi connectivity index (χ3n) is 3.51. The first-order chi connectivity index (χ1) is 11.3. The molecule has 0 aliphatic heterocycles. The number of hydrogen-bond donors (Lipinski definition) is 0. The van der Waals surface area contributed by atoms with Crippen molar-refractivity contribution >= 4 is 28.1 Å². The number of fused-ring (bicyclic) bond motifs is 1. The molecule has 0 heterocycles. The second-order valence-corrected chi connectivity index (χ2v) is 5.04. The zero-order chi connectivity index (χ0) is 16.1. The largest absolute Gasteiger partial charge is 0.461 e. The van der Waals surface area contributed by atoms with Crippen LogP contribution in [-0.2, 0) is 9.53 Å². The number of benzene rings is 3. The van der Waals surface area contributed by atoms with E-state index in [1.165, 1.54) is 0 Å². The number of para-hydroxylation sites is 1. The Balaban J connectivity index is 2.18. The van der Waals surface area contributed by atoms with Gasteiger partial charge in [0.05, 0.1) is 12.3 Å². The Labute approximate surface area is 135 Å². The van der Waals surface area contributed by atoms with Crippen LogP contribution in [0.2, 0.25) is 0 Å². The normalized spacial score (nSPS) is 11.4. The molecule has 0 saturated heterocycles. The summed E-state index contributed by atoms with van der Waals surface area (Å²) in [6, 6.07) is 23.2. The van der Waals surface area contributed by atoms with Gasteiger partial charge in [0.25, 0.3) is 0 Å². The van der Waals surface area contributed by atoms with Crippen LogP contribution in [0.5, 0.6) is 0 Å². The van der Waals surface area contributed by atoms with Gasteiger partial charge in [-0.2, -0.15) is 0 Å². The Morgan fingerprint density at radius 3 is 2.39 bits per heavy atom. The molecule has 0 atom stereocenters. The summed E-state index contributed by atoms with van der Waals surface area (Å²) in [7, 11) is 0. The zero-order valence-corrected chi connectivity index (χ0v) is 12.9. The minimum absolute atomic E-state index is 0.317. The summed E-state index contributed by atoms with van der Waals surface area (Å²) < 4.78 is 5.21. The Bertz CT molecular complexity index is 848. The maximum atomic E-state index is 12.4. The van der Waals surface area contributed by atoms with Gasteiger partial charge in [0.2, 0.25) is 0 Å². The van der Waals surface area contributed by atoms with Crippen LogP contribution in [0.4, 0.5) is 5.69 Å². The summed E-state index contributed by atoms with van der Waals surface area (Å²) in [4.78, 5) is 17.0. The highest BCUT2D eigenvalue weighted by Gasteiger charge is 2.17. The molecule has 0 unspecified atom stereocenters. The SMILES string of the molecule is CCOC(=O)C(=Nc1ccccc1)c1cccc2ccccc12. The van der Waals surface area contributed by atoms with Crippen LogP contribution in [0.25, 0.3) is 10.8 Å². The first kappa shape index (κ1) is 15.0. The molecule has 114 valence electrons.